The third kappa shape index (κ3) is 395. The third-order valence-electron chi connectivity index (χ3n) is 0. The molecule has 0 aromatic rings. The van der Waals surface area contributed by atoms with Crippen molar-refractivity contribution in [1.29, 1.82) is 0 Å². The highest BCUT2D eigenvalue weighted by molar-refractivity contribution is 5.69. The summed E-state index contributed by atoms with van der Waals surface area (Å²) in [5.41, 5.74) is 17.0. The fourth-order valence-corrected chi connectivity index (χ4v) is 0. The summed E-state index contributed by atoms with van der Waals surface area (Å²) in [6, 6.07) is -1.67. The van der Waals surface area contributed by atoms with Gasteiger partial charge in [0, 0.05) is 13.2 Å². The van der Waals surface area contributed by atoms with Crippen molar-refractivity contribution in [3.63, 3.8) is 0 Å². The molecule has 0 spiro atoms. The molecule has 0 rings (SSSR count). The molecule has 10 N–H and O–H groups in total. The molecule has 88 valence electrons. The first-order valence-electron chi connectivity index (χ1n) is 3.61. The Hall–Kier alpha value is -1.54. The number of aliphatic hydroxyl groups is 2. The van der Waals surface area contributed by atoms with E-state index in [1.165, 1.54) is 0 Å². The van der Waals surface area contributed by atoms with E-state index in [0.29, 0.717) is 0 Å². The summed E-state index contributed by atoms with van der Waals surface area (Å²) in [7, 11) is 0. The van der Waals surface area contributed by atoms with Crippen molar-refractivity contribution < 1.29 is 19.8 Å². The van der Waals surface area contributed by atoms with Gasteiger partial charge in [-0.25, -0.2) is 9.59 Å². The van der Waals surface area contributed by atoms with Crippen LogP contribution < -0.4 is 22.9 Å². The van der Waals surface area contributed by atoms with Gasteiger partial charge in [-0.2, -0.15) is 0 Å². The quantitative estimate of drug-likeness (QED) is 0.273. The lowest BCUT2D eigenvalue weighted by Gasteiger charge is -1.62. The monoisotopic (exact) mass is 212 g/mol. The summed E-state index contributed by atoms with van der Waals surface area (Å²) in [6.45, 7) is 3.86. The first kappa shape index (κ1) is 22.9. The molecule has 0 saturated heterocycles. The van der Waals surface area contributed by atoms with Crippen LogP contribution in [0.15, 0.2) is 0 Å². The number of aliphatic hydroxyl groups excluding tert-OH is 2. The van der Waals surface area contributed by atoms with E-state index in [2.05, 4.69) is 22.9 Å². The number of urea groups is 2. The molecule has 0 atom stereocenters. The average Bonchev–Trinajstić information content (AvgIpc) is 1.85. The molecule has 8 nitrogen and oxygen atoms in total. The van der Waals surface area contributed by atoms with Crippen molar-refractivity contribution in [2.24, 2.45) is 22.9 Å². The Labute approximate surface area is 82.9 Å². The highest BCUT2D eigenvalue weighted by Gasteiger charge is 1.61. The highest BCUT2D eigenvalue weighted by Crippen LogP contribution is 1.30. The zero-order valence-electron chi connectivity index (χ0n) is 8.43. The van der Waals surface area contributed by atoms with E-state index in [-0.39, 0.29) is 13.2 Å². The molecule has 0 heterocycles. The average molecular weight is 212 g/mol. The summed E-state index contributed by atoms with van der Waals surface area (Å²) in [5, 5.41) is 15.1. The summed E-state index contributed by atoms with van der Waals surface area (Å²) < 4.78 is 0. The number of carbonyl (C=O) groups excluding carboxylic acids is 2. The number of carbonyl (C=O) groups is 2. The highest BCUT2D eigenvalue weighted by atomic mass is 16.3. The van der Waals surface area contributed by atoms with Gasteiger partial charge in [0.05, 0.1) is 0 Å². The van der Waals surface area contributed by atoms with E-state index < -0.39 is 12.1 Å². The minimum absolute atomic E-state index is 0.250. The lowest BCUT2D eigenvalue weighted by Crippen LogP contribution is -2.18. The number of nitrogens with two attached hydrogens (primary N) is 4. The van der Waals surface area contributed by atoms with Crippen LogP contribution in [0, 0.1) is 0 Å². The zero-order valence-corrected chi connectivity index (χ0v) is 8.43. The van der Waals surface area contributed by atoms with E-state index in [1.807, 2.05) is 0 Å². The van der Waals surface area contributed by atoms with Gasteiger partial charge in [-0.15, -0.1) is 0 Å². The second-order valence-electron chi connectivity index (χ2n) is 1.44. The van der Waals surface area contributed by atoms with Gasteiger partial charge < -0.3 is 33.1 Å². The Morgan fingerprint density at radius 1 is 0.857 bits per heavy atom. The molecule has 0 bridgehead atoms. The largest absolute Gasteiger partial charge is 0.397 e. The van der Waals surface area contributed by atoms with Crippen molar-refractivity contribution in [2.45, 2.75) is 13.8 Å². The maximum Gasteiger partial charge on any atom is 0.309 e. The SMILES string of the molecule is CCO.CCO.NC(N)=O.NC(N)=O. The Kier molecular flexibility index (Phi) is 49.1. The summed E-state index contributed by atoms with van der Waals surface area (Å²) in [5.74, 6) is 0. The Bertz CT molecular complexity index is 98.4. The predicted molar refractivity (Wildman–Crippen MR) is 53.1 cm³/mol. The van der Waals surface area contributed by atoms with E-state index in [1.54, 1.807) is 13.8 Å². The number of hydrogen-bond acceptors (Lipinski definition) is 4. The normalized spacial score (nSPS) is 6.00. The fourth-order valence-electron chi connectivity index (χ4n) is 0. The van der Waals surface area contributed by atoms with Gasteiger partial charge in [0.2, 0.25) is 0 Å². The van der Waals surface area contributed by atoms with E-state index in [4.69, 9.17) is 19.8 Å². The molecule has 0 aliphatic heterocycles. The van der Waals surface area contributed by atoms with Crippen LogP contribution in [0.1, 0.15) is 13.8 Å². The number of rotatable bonds is 0. The van der Waals surface area contributed by atoms with Gasteiger partial charge in [-0.3, -0.25) is 0 Å². The molecule has 0 saturated carbocycles. The summed E-state index contributed by atoms with van der Waals surface area (Å²) >= 11 is 0. The van der Waals surface area contributed by atoms with Crippen LogP contribution in [0.5, 0.6) is 0 Å². The lowest BCUT2D eigenvalue weighted by molar-refractivity contribution is 0.255. The van der Waals surface area contributed by atoms with Gasteiger partial charge in [-0.05, 0) is 13.8 Å². The molecule has 0 aliphatic rings. The molecule has 0 unspecified atom stereocenters. The second kappa shape index (κ2) is 30.0. The predicted octanol–water partition coefficient (Wildman–Crippen LogP) is -1.96. The Morgan fingerprint density at radius 3 is 0.857 bits per heavy atom. The minimum atomic E-state index is -0.833. The molecule has 0 radical (unpaired) electrons. The number of hydrogen-bond donors (Lipinski definition) is 6. The molecule has 4 amide bonds. The van der Waals surface area contributed by atoms with E-state index in [9.17, 15) is 0 Å². The van der Waals surface area contributed by atoms with Crippen molar-refractivity contribution >= 4 is 12.1 Å². The first-order valence-corrected chi connectivity index (χ1v) is 3.61. The molecule has 0 fully saturated rings. The Balaban J connectivity index is -0.0000000482. The Morgan fingerprint density at radius 2 is 0.857 bits per heavy atom. The minimum Gasteiger partial charge on any atom is -0.397 e. The maximum absolute atomic E-state index is 9.00. The molecular weight excluding hydrogens is 192 g/mol. The summed E-state index contributed by atoms with van der Waals surface area (Å²) in [6.07, 6.45) is 0. The van der Waals surface area contributed by atoms with Gasteiger partial charge >= 0.3 is 12.1 Å². The fraction of sp³-hybridized carbons (Fsp3) is 0.667. The molecule has 0 aliphatic carbocycles. The summed E-state index contributed by atoms with van der Waals surface area (Å²) in [4.78, 5) is 18.0. The van der Waals surface area contributed by atoms with E-state index in [0.717, 1.165) is 0 Å². The lowest BCUT2D eigenvalue weighted by atomic mass is 10.9. The molecular formula is C6H20N4O4. The van der Waals surface area contributed by atoms with Crippen LogP contribution >= 0.6 is 0 Å². The maximum atomic E-state index is 9.00. The molecule has 0 aromatic heterocycles. The van der Waals surface area contributed by atoms with E-state index >= 15 is 0 Å². The topological polar surface area (TPSA) is 179 Å². The third-order valence-corrected chi connectivity index (χ3v) is 0. The van der Waals surface area contributed by atoms with Crippen molar-refractivity contribution in [2.75, 3.05) is 13.2 Å². The second-order valence-corrected chi connectivity index (χ2v) is 1.44. The van der Waals surface area contributed by atoms with Gasteiger partial charge in [-0.1, -0.05) is 0 Å². The van der Waals surface area contributed by atoms with Crippen LogP contribution in [0.2, 0.25) is 0 Å². The van der Waals surface area contributed by atoms with Gasteiger partial charge in [0.25, 0.3) is 0 Å². The van der Waals surface area contributed by atoms with Crippen molar-refractivity contribution in [3.05, 3.63) is 0 Å². The smallest absolute Gasteiger partial charge is 0.309 e. The van der Waals surface area contributed by atoms with Gasteiger partial charge in [0.15, 0.2) is 0 Å². The van der Waals surface area contributed by atoms with Crippen LogP contribution in [0.25, 0.3) is 0 Å². The van der Waals surface area contributed by atoms with Gasteiger partial charge in [0.1, 0.15) is 0 Å². The standard InChI is InChI=1S/2C2H6O.2CH4N2O/c2*1-2-3;2*2-1(3)4/h2*3H,2H2,1H3;2*(H4,2,3,4). The zero-order chi connectivity index (χ0) is 12.6. The number of primary amides is 4. The molecule has 14 heavy (non-hydrogen) atoms. The molecule has 8 heteroatoms. The van der Waals surface area contributed by atoms with Crippen molar-refractivity contribution in [1.82, 2.24) is 0 Å². The van der Waals surface area contributed by atoms with Crippen LogP contribution in [-0.2, 0) is 0 Å². The van der Waals surface area contributed by atoms with Crippen LogP contribution in [0.4, 0.5) is 9.59 Å². The molecule has 0 aromatic carbocycles. The van der Waals surface area contributed by atoms with Crippen LogP contribution in [-0.4, -0.2) is 35.5 Å². The first-order chi connectivity index (χ1) is 6.29. The van der Waals surface area contributed by atoms with Crippen molar-refractivity contribution in [3.8, 4) is 0 Å². The van der Waals surface area contributed by atoms with Crippen LogP contribution in [0.3, 0.4) is 0 Å². The number of amides is 4.